The average Bonchev–Trinajstić information content (AvgIpc) is 3.40. The highest BCUT2D eigenvalue weighted by atomic mass is 16.5. The minimum Gasteiger partial charge on any atom is -0.490 e. The number of hydrogen-bond donors (Lipinski definition) is 2. The minimum atomic E-state index is -0.986. The standard InChI is InChI=1S/C40H40N6O7/c1-40(2,25-5-10-29(11-6-25)53-36-23-41-34(22-42-36)45-15-17-51-18-16-45)24-3-8-28(9-4-24)52-30-19-27(20-30)43-26-7-12-31-32(21-26)39(50)46(38(31)49)33-13-14-35(47)44-37(33)48/h3-12,21-23,27,30,33,43H,13-20H2,1-2H3,(H,44,47,48). The van der Waals surface area contributed by atoms with Crippen molar-refractivity contribution in [1.29, 1.82) is 0 Å². The lowest BCUT2D eigenvalue weighted by molar-refractivity contribution is -0.136. The molecule has 1 saturated carbocycles. The monoisotopic (exact) mass is 716 g/mol. The van der Waals surface area contributed by atoms with Gasteiger partial charge < -0.3 is 24.4 Å². The second kappa shape index (κ2) is 14.0. The number of fused-ring (bicyclic) bond motifs is 1. The van der Waals surface area contributed by atoms with Gasteiger partial charge in [0.1, 0.15) is 29.5 Å². The molecule has 272 valence electrons. The van der Waals surface area contributed by atoms with E-state index >= 15 is 0 Å². The van der Waals surface area contributed by atoms with Crippen LogP contribution < -0.4 is 25.0 Å². The molecule has 0 spiro atoms. The Kier molecular flexibility index (Phi) is 9.03. The van der Waals surface area contributed by atoms with E-state index in [9.17, 15) is 19.2 Å². The summed E-state index contributed by atoms with van der Waals surface area (Å²) in [7, 11) is 0. The quantitative estimate of drug-likeness (QED) is 0.217. The Morgan fingerprint density at radius 3 is 2.17 bits per heavy atom. The number of anilines is 2. The summed E-state index contributed by atoms with van der Waals surface area (Å²) in [5.74, 6) is 0.683. The molecule has 4 amide bonds. The van der Waals surface area contributed by atoms with E-state index in [1.165, 1.54) is 0 Å². The van der Waals surface area contributed by atoms with Crippen molar-refractivity contribution in [2.75, 3.05) is 36.5 Å². The number of nitrogens with one attached hydrogen (secondary N) is 2. The Hall–Kier alpha value is -5.82. The molecule has 2 saturated heterocycles. The van der Waals surface area contributed by atoms with Crippen LogP contribution in [-0.4, -0.2) is 83.0 Å². The molecule has 4 aliphatic rings. The highest BCUT2D eigenvalue weighted by Crippen LogP contribution is 2.36. The molecule has 0 bridgehead atoms. The third-order valence-electron chi connectivity index (χ3n) is 10.5. The summed E-state index contributed by atoms with van der Waals surface area (Å²) in [6.07, 6.45) is 5.18. The van der Waals surface area contributed by atoms with E-state index in [4.69, 9.17) is 14.2 Å². The molecule has 2 N–H and O–H groups in total. The van der Waals surface area contributed by atoms with Crippen LogP contribution in [0.25, 0.3) is 0 Å². The molecular formula is C40H40N6O7. The summed E-state index contributed by atoms with van der Waals surface area (Å²) in [6, 6.07) is 20.4. The zero-order valence-corrected chi connectivity index (χ0v) is 29.5. The van der Waals surface area contributed by atoms with Gasteiger partial charge in [-0.25, -0.2) is 9.97 Å². The van der Waals surface area contributed by atoms with Crippen LogP contribution in [0, 0.1) is 0 Å². The predicted molar refractivity (Wildman–Crippen MR) is 194 cm³/mol. The number of imide groups is 2. The summed E-state index contributed by atoms with van der Waals surface area (Å²) in [5.41, 5.74) is 3.26. The van der Waals surface area contributed by atoms with Crippen molar-refractivity contribution in [3.05, 3.63) is 101 Å². The topological polar surface area (TPSA) is 152 Å². The zero-order valence-electron chi connectivity index (χ0n) is 29.5. The normalized spacial score (nSPS) is 21.5. The highest BCUT2D eigenvalue weighted by Gasteiger charge is 2.45. The Labute approximate surface area is 306 Å². The molecule has 4 aromatic rings. The molecule has 53 heavy (non-hydrogen) atoms. The Bertz CT molecular complexity index is 2040. The van der Waals surface area contributed by atoms with Crippen LogP contribution in [0.2, 0.25) is 0 Å². The highest BCUT2D eigenvalue weighted by molar-refractivity contribution is 6.23. The van der Waals surface area contributed by atoms with Gasteiger partial charge in [0.2, 0.25) is 17.7 Å². The maximum absolute atomic E-state index is 13.2. The van der Waals surface area contributed by atoms with Gasteiger partial charge in [-0.3, -0.25) is 29.4 Å². The second-order valence-corrected chi connectivity index (χ2v) is 14.3. The molecule has 1 unspecified atom stereocenters. The van der Waals surface area contributed by atoms with Gasteiger partial charge in [0.25, 0.3) is 11.8 Å². The summed E-state index contributed by atoms with van der Waals surface area (Å²) in [5, 5.41) is 5.66. The van der Waals surface area contributed by atoms with E-state index in [-0.39, 0.29) is 41.5 Å². The molecule has 13 heteroatoms. The Morgan fingerprint density at radius 2 is 1.51 bits per heavy atom. The van der Waals surface area contributed by atoms with Crippen molar-refractivity contribution >= 4 is 35.1 Å². The number of morpholine rings is 1. The molecule has 13 nitrogen and oxygen atoms in total. The summed E-state index contributed by atoms with van der Waals surface area (Å²) in [6.45, 7) is 7.35. The number of nitrogens with zero attached hydrogens (tertiary/aromatic N) is 4. The number of aromatic nitrogens is 2. The smallest absolute Gasteiger partial charge is 0.262 e. The van der Waals surface area contributed by atoms with E-state index in [0.29, 0.717) is 24.8 Å². The molecular weight excluding hydrogens is 676 g/mol. The first kappa shape index (κ1) is 34.3. The first-order chi connectivity index (χ1) is 25.6. The molecule has 3 aliphatic heterocycles. The molecule has 4 heterocycles. The van der Waals surface area contributed by atoms with Crippen molar-refractivity contribution in [2.45, 2.75) is 63.1 Å². The summed E-state index contributed by atoms with van der Waals surface area (Å²) >= 11 is 0. The van der Waals surface area contributed by atoms with Crippen LogP contribution in [0.3, 0.4) is 0 Å². The molecule has 1 aromatic heterocycles. The van der Waals surface area contributed by atoms with Crippen molar-refractivity contribution in [3.63, 3.8) is 0 Å². The number of carbonyl (C=O) groups excluding carboxylic acids is 4. The van der Waals surface area contributed by atoms with Gasteiger partial charge in [0.05, 0.1) is 36.7 Å². The van der Waals surface area contributed by atoms with Gasteiger partial charge in [0, 0.05) is 49.5 Å². The fraction of sp³-hybridized carbons (Fsp3) is 0.350. The number of piperidine rings is 1. The van der Waals surface area contributed by atoms with Crippen molar-refractivity contribution in [2.24, 2.45) is 0 Å². The molecule has 0 radical (unpaired) electrons. The number of hydrogen-bond acceptors (Lipinski definition) is 11. The molecule has 1 atom stereocenters. The van der Waals surface area contributed by atoms with E-state index in [1.54, 1.807) is 30.6 Å². The van der Waals surface area contributed by atoms with Gasteiger partial charge in [-0.05, 0) is 60.0 Å². The summed E-state index contributed by atoms with van der Waals surface area (Å²) < 4.78 is 17.7. The minimum absolute atomic E-state index is 0.0415. The Balaban J connectivity index is 0.823. The maximum atomic E-state index is 13.2. The van der Waals surface area contributed by atoms with E-state index in [0.717, 1.165) is 59.2 Å². The van der Waals surface area contributed by atoms with Crippen molar-refractivity contribution < 1.29 is 33.4 Å². The molecule has 8 rings (SSSR count). The van der Waals surface area contributed by atoms with E-state index in [1.807, 2.05) is 24.3 Å². The maximum Gasteiger partial charge on any atom is 0.262 e. The lowest BCUT2D eigenvalue weighted by Gasteiger charge is -2.36. The van der Waals surface area contributed by atoms with Crippen LogP contribution >= 0.6 is 0 Å². The van der Waals surface area contributed by atoms with Gasteiger partial charge in [-0.15, -0.1) is 0 Å². The van der Waals surface area contributed by atoms with Gasteiger partial charge in [-0.2, -0.15) is 0 Å². The fourth-order valence-corrected chi connectivity index (χ4v) is 7.26. The van der Waals surface area contributed by atoms with E-state index < -0.39 is 29.7 Å². The van der Waals surface area contributed by atoms with Crippen molar-refractivity contribution in [1.82, 2.24) is 20.2 Å². The molecule has 1 aliphatic carbocycles. The molecule has 3 aromatic carbocycles. The first-order valence-electron chi connectivity index (χ1n) is 17.9. The Morgan fingerprint density at radius 1 is 0.830 bits per heavy atom. The van der Waals surface area contributed by atoms with Crippen LogP contribution in [0.15, 0.2) is 79.1 Å². The third kappa shape index (κ3) is 6.91. The van der Waals surface area contributed by atoms with Crippen molar-refractivity contribution in [3.8, 4) is 17.4 Å². The lowest BCUT2D eigenvalue weighted by atomic mass is 9.78. The van der Waals surface area contributed by atoms with Crippen LogP contribution in [0.1, 0.15) is 71.4 Å². The second-order valence-electron chi connectivity index (χ2n) is 14.3. The molecule has 3 fully saturated rings. The number of amides is 4. The number of rotatable bonds is 10. The fourth-order valence-electron chi connectivity index (χ4n) is 7.26. The number of benzene rings is 3. The number of ether oxygens (including phenoxy) is 3. The van der Waals surface area contributed by atoms with Crippen LogP contribution in [0.4, 0.5) is 11.5 Å². The average molecular weight is 717 g/mol. The van der Waals surface area contributed by atoms with Crippen LogP contribution in [-0.2, 0) is 19.7 Å². The van der Waals surface area contributed by atoms with Gasteiger partial charge in [-0.1, -0.05) is 38.1 Å². The van der Waals surface area contributed by atoms with Gasteiger partial charge in [0.15, 0.2) is 0 Å². The SMILES string of the molecule is CC(C)(c1ccc(Oc2cnc(N3CCOCC3)cn2)cc1)c1ccc(OC2CC(Nc3ccc4c(c3)C(=O)N(C3CCC(=O)NC3=O)C4=O)C2)cc1. The number of carbonyl (C=O) groups is 4. The van der Waals surface area contributed by atoms with Crippen LogP contribution in [0.5, 0.6) is 17.4 Å². The van der Waals surface area contributed by atoms with E-state index in [2.05, 4.69) is 63.6 Å². The first-order valence-corrected chi connectivity index (χ1v) is 17.9. The largest absolute Gasteiger partial charge is 0.490 e. The van der Waals surface area contributed by atoms with Gasteiger partial charge >= 0.3 is 0 Å². The lowest BCUT2D eigenvalue weighted by Crippen LogP contribution is -2.54. The zero-order chi connectivity index (χ0) is 36.7. The predicted octanol–water partition coefficient (Wildman–Crippen LogP) is 4.85. The summed E-state index contributed by atoms with van der Waals surface area (Å²) in [4.78, 5) is 62.2. The third-order valence-corrected chi connectivity index (χ3v) is 10.5.